The van der Waals surface area contributed by atoms with Gasteiger partial charge < -0.3 is 9.84 Å². The Labute approximate surface area is 211 Å². The fourth-order valence-electron chi connectivity index (χ4n) is 7.51. The van der Waals surface area contributed by atoms with Crippen molar-refractivity contribution in [3.05, 3.63) is 63.5 Å². The fourth-order valence-corrected chi connectivity index (χ4v) is 7.51. The van der Waals surface area contributed by atoms with Crippen molar-refractivity contribution in [3.63, 3.8) is 0 Å². The highest BCUT2D eigenvalue weighted by molar-refractivity contribution is 5.53. The van der Waals surface area contributed by atoms with E-state index < -0.39 is 29.5 Å². The molecule has 0 amide bonds. The molecular formula is C30H36F3NO2. The van der Waals surface area contributed by atoms with E-state index in [0.717, 1.165) is 92.3 Å². The summed E-state index contributed by atoms with van der Waals surface area (Å²) in [6, 6.07) is 5.50. The third kappa shape index (κ3) is 3.99. The van der Waals surface area contributed by atoms with Gasteiger partial charge in [-0.3, -0.25) is 4.98 Å². The van der Waals surface area contributed by atoms with Gasteiger partial charge in [0.25, 0.3) is 0 Å². The molecule has 1 unspecified atom stereocenters. The monoisotopic (exact) mass is 499 g/mol. The van der Waals surface area contributed by atoms with E-state index in [1.165, 1.54) is 17.7 Å². The van der Waals surface area contributed by atoms with E-state index in [4.69, 9.17) is 9.72 Å². The minimum Gasteiger partial charge on any atom is -0.388 e. The minimum absolute atomic E-state index is 0.0351. The molecule has 194 valence electrons. The average molecular weight is 500 g/mol. The molecule has 6 rings (SSSR count). The van der Waals surface area contributed by atoms with E-state index in [0.29, 0.717) is 12.3 Å². The van der Waals surface area contributed by atoms with Gasteiger partial charge in [-0.25, -0.2) is 0 Å². The van der Waals surface area contributed by atoms with Gasteiger partial charge in [0, 0.05) is 16.8 Å². The Kier molecular flexibility index (Phi) is 5.80. The molecular weight excluding hydrogens is 463 g/mol. The van der Waals surface area contributed by atoms with Crippen LogP contribution >= 0.6 is 0 Å². The maximum Gasteiger partial charge on any atom is 0.416 e. The number of aromatic nitrogens is 1. The predicted octanol–water partition coefficient (Wildman–Crippen LogP) is 8.04. The maximum atomic E-state index is 13.3. The van der Waals surface area contributed by atoms with Gasteiger partial charge in [0.2, 0.25) is 0 Å². The van der Waals surface area contributed by atoms with Crippen LogP contribution in [-0.4, -0.2) is 10.1 Å². The molecule has 1 aromatic carbocycles. The van der Waals surface area contributed by atoms with Gasteiger partial charge in [-0.1, -0.05) is 58.1 Å². The summed E-state index contributed by atoms with van der Waals surface area (Å²) < 4.78 is 46.9. The van der Waals surface area contributed by atoms with Crippen molar-refractivity contribution in [3.8, 4) is 0 Å². The highest BCUT2D eigenvalue weighted by atomic mass is 19.4. The second-order valence-electron chi connectivity index (χ2n) is 12.4. The summed E-state index contributed by atoms with van der Waals surface area (Å²) in [5, 5.41) is 11.4. The topological polar surface area (TPSA) is 42.4 Å². The van der Waals surface area contributed by atoms with Gasteiger partial charge in [0.05, 0.1) is 17.4 Å². The van der Waals surface area contributed by atoms with Crippen molar-refractivity contribution in [2.24, 2.45) is 5.41 Å². The smallest absolute Gasteiger partial charge is 0.388 e. The van der Waals surface area contributed by atoms with Crippen LogP contribution in [0.4, 0.5) is 13.2 Å². The quantitative estimate of drug-likeness (QED) is 0.455. The number of fused-ring (bicyclic) bond motifs is 3. The molecule has 2 saturated carbocycles. The second kappa shape index (κ2) is 8.56. The van der Waals surface area contributed by atoms with Gasteiger partial charge in [0.15, 0.2) is 0 Å². The molecule has 2 atom stereocenters. The van der Waals surface area contributed by atoms with E-state index in [2.05, 4.69) is 13.8 Å². The van der Waals surface area contributed by atoms with Gasteiger partial charge in [-0.2, -0.15) is 13.2 Å². The molecule has 6 heteroatoms. The summed E-state index contributed by atoms with van der Waals surface area (Å²) in [7, 11) is 0. The summed E-state index contributed by atoms with van der Waals surface area (Å²) in [6.45, 7) is 4.39. The van der Waals surface area contributed by atoms with E-state index in [9.17, 15) is 18.3 Å². The molecule has 3 aliphatic carbocycles. The van der Waals surface area contributed by atoms with Crippen LogP contribution in [-0.2, 0) is 22.9 Å². The highest BCUT2D eigenvalue weighted by Crippen LogP contribution is 2.58. The van der Waals surface area contributed by atoms with Crippen molar-refractivity contribution >= 4 is 0 Å². The number of rotatable bonds is 2. The average Bonchev–Trinajstić information content (AvgIpc) is 3.45. The van der Waals surface area contributed by atoms with Crippen molar-refractivity contribution in [1.29, 1.82) is 0 Å². The molecule has 1 aromatic heterocycles. The van der Waals surface area contributed by atoms with E-state index in [1.807, 2.05) is 0 Å². The highest BCUT2D eigenvalue weighted by Gasteiger charge is 2.51. The first-order chi connectivity index (χ1) is 17.1. The molecule has 1 aliphatic heterocycles. The number of nitrogens with zero attached hydrogens (tertiary/aromatic N) is 1. The lowest BCUT2D eigenvalue weighted by molar-refractivity contribution is -0.137. The van der Waals surface area contributed by atoms with Gasteiger partial charge in [-0.05, 0) is 73.1 Å². The number of aliphatic hydroxyl groups excluding tert-OH is 1. The number of alkyl halides is 3. The molecule has 0 saturated heterocycles. The largest absolute Gasteiger partial charge is 0.416 e. The standard InChI is InChI=1S/C30H36F3NO2/c1-28(2)16-21-24(22(35)17-28)23(18-8-4-5-9-18)25-26(19-10-12-20(13-11-19)30(31,32)33)36-29(27(25)34-21)14-6-3-7-15-29/h10-13,18,22,26,35H,3-9,14-17H2,1-2H3/t22?,26-/m1/s1. The molecule has 0 bridgehead atoms. The molecule has 36 heavy (non-hydrogen) atoms. The fraction of sp³-hybridized carbons (Fsp3) is 0.633. The van der Waals surface area contributed by atoms with E-state index >= 15 is 0 Å². The Morgan fingerprint density at radius 1 is 0.917 bits per heavy atom. The molecule has 3 nitrogen and oxygen atoms in total. The molecule has 1 spiro atoms. The zero-order chi connectivity index (χ0) is 25.3. The van der Waals surface area contributed by atoms with Crippen LogP contribution in [0.15, 0.2) is 24.3 Å². The SMILES string of the molecule is CC1(C)Cc2nc3c(c(C4CCCC4)c2C(O)C1)[C@@H](c1ccc(C(F)(F)F)cc1)OC31CCCCC1. The van der Waals surface area contributed by atoms with Crippen molar-refractivity contribution < 1.29 is 23.0 Å². The first-order valence-corrected chi connectivity index (χ1v) is 13.7. The Hall–Kier alpha value is -1.92. The Bertz CT molecular complexity index is 1140. The molecule has 1 N–H and O–H groups in total. The molecule has 2 fully saturated rings. The van der Waals surface area contributed by atoms with Crippen LogP contribution < -0.4 is 0 Å². The van der Waals surface area contributed by atoms with Gasteiger partial charge in [-0.15, -0.1) is 0 Å². The molecule has 2 heterocycles. The van der Waals surface area contributed by atoms with Crippen LogP contribution in [0.3, 0.4) is 0 Å². The zero-order valence-corrected chi connectivity index (χ0v) is 21.3. The summed E-state index contributed by atoms with van der Waals surface area (Å²) in [5.41, 5.74) is 4.87. The summed E-state index contributed by atoms with van der Waals surface area (Å²) in [5.74, 6) is 0.339. The summed E-state index contributed by atoms with van der Waals surface area (Å²) in [6.07, 6.45) is 5.66. The number of ether oxygens (including phenoxy) is 1. The third-order valence-electron chi connectivity index (χ3n) is 9.12. The third-order valence-corrected chi connectivity index (χ3v) is 9.12. The van der Waals surface area contributed by atoms with E-state index in [1.54, 1.807) is 12.1 Å². The Morgan fingerprint density at radius 2 is 1.58 bits per heavy atom. The van der Waals surface area contributed by atoms with Gasteiger partial charge >= 0.3 is 6.18 Å². The predicted molar refractivity (Wildman–Crippen MR) is 132 cm³/mol. The molecule has 2 aromatic rings. The lowest BCUT2D eigenvalue weighted by atomic mass is 9.70. The first kappa shape index (κ1) is 24.4. The van der Waals surface area contributed by atoms with Crippen LogP contribution in [0.5, 0.6) is 0 Å². The number of hydrogen-bond acceptors (Lipinski definition) is 3. The van der Waals surface area contributed by atoms with Crippen LogP contribution in [0.25, 0.3) is 0 Å². The summed E-state index contributed by atoms with van der Waals surface area (Å²) >= 11 is 0. The lowest BCUT2D eigenvalue weighted by Crippen LogP contribution is -2.32. The van der Waals surface area contributed by atoms with Gasteiger partial charge in [0.1, 0.15) is 11.7 Å². The number of aliphatic hydroxyl groups is 1. The Balaban J connectivity index is 1.57. The lowest BCUT2D eigenvalue weighted by Gasteiger charge is -2.38. The minimum atomic E-state index is -4.37. The zero-order valence-electron chi connectivity index (χ0n) is 21.3. The normalized spacial score (nSPS) is 27.3. The second-order valence-corrected chi connectivity index (χ2v) is 12.4. The van der Waals surface area contributed by atoms with Crippen LogP contribution in [0.1, 0.15) is 135 Å². The maximum absolute atomic E-state index is 13.3. The van der Waals surface area contributed by atoms with Crippen molar-refractivity contribution in [1.82, 2.24) is 4.98 Å². The van der Waals surface area contributed by atoms with Crippen molar-refractivity contribution in [2.45, 2.75) is 114 Å². The van der Waals surface area contributed by atoms with Crippen molar-refractivity contribution in [2.75, 3.05) is 0 Å². The van der Waals surface area contributed by atoms with E-state index in [-0.39, 0.29) is 5.41 Å². The number of hydrogen-bond donors (Lipinski definition) is 1. The van der Waals surface area contributed by atoms with Crippen LogP contribution in [0, 0.1) is 5.41 Å². The first-order valence-electron chi connectivity index (χ1n) is 13.7. The number of halogens is 3. The summed E-state index contributed by atoms with van der Waals surface area (Å²) in [4.78, 5) is 5.32. The van der Waals surface area contributed by atoms with Crippen LogP contribution in [0.2, 0.25) is 0 Å². The molecule has 0 radical (unpaired) electrons. The Morgan fingerprint density at radius 3 is 2.22 bits per heavy atom. The molecule has 4 aliphatic rings. The number of pyridine rings is 1. The number of benzene rings is 1.